The van der Waals surface area contributed by atoms with E-state index in [4.69, 9.17) is 9.47 Å². The van der Waals surface area contributed by atoms with Gasteiger partial charge in [0, 0.05) is 25.5 Å². The van der Waals surface area contributed by atoms with Crippen molar-refractivity contribution in [2.75, 3.05) is 19.8 Å². The zero-order valence-corrected chi connectivity index (χ0v) is 14.4. The van der Waals surface area contributed by atoms with Gasteiger partial charge < -0.3 is 18.9 Å². The molecular weight excluding hydrogens is 304 g/mol. The molecule has 5 heteroatoms. The molecule has 5 nitrogen and oxygen atoms in total. The highest BCUT2D eigenvalue weighted by molar-refractivity contribution is 5.81. The predicted molar refractivity (Wildman–Crippen MR) is 92.0 cm³/mol. The Labute approximate surface area is 142 Å². The Balaban J connectivity index is 1.75. The number of amides is 1. The number of aryl methyl sites for hydroxylation is 2. The van der Waals surface area contributed by atoms with E-state index >= 15 is 0 Å². The molecule has 0 radical (unpaired) electrons. The Morgan fingerprint density at radius 2 is 2.17 bits per heavy atom. The van der Waals surface area contributed by atoms with E-state index in [1.807, 2.05) is 73.0 Å². The zero-order valence-electron chi connectivity index (χ0n) is 14.4. The maximum atomic E-state index is 12.9. The first kappa shape index (κ1) is 16.6. The minimum absolute atomic E-state index is 0.00833. The molecular formula is C19H24N2O3. The Morgan fingerprint density at radius 3 is 2.88 bits per heavy atom. The molecule has 1 aliphatic heterocycles. The molecule has 2 heterocycles. The van der Waals surface area contributed by atoms with Gasteiger partial charge in [0.1, 0.15) is 5.75 Å². The van der Waals surface area contributed by atoms with Gasteiger partial charge in [-0.15, -0.1) is 0 Å². The number of carbonyl (C=O) groups is 1. The van der Waals surface area contributed by atoms with Crippen molar-refractivity contribution in [2.45, 2.75) is 26.0 Å². The average molecular weight is 328 g/mol. The Morgan fingerprint density at radius 1 is 1.33 bits per heavy atom. The van der Waals surface area contributed by atoms with Crippen LogP contribution in [0.3, 0.4) is 0 Å². The van der Waals surface area contributed by atoms with Crippen LogP contribution in [0.25, 0.3) is 0 Å². The first-order valence-corrected chi connectivity index (χ1v) is 8.29. The number of hydrogen-bond acceptors (Lipinski definition) is 3. The third-order valence-corrected chi connectivity index (χ3v) is 4.39. The summed E-state index contributed by atoms with van der Waals surface area (Å²) in [5.41, 5.74) is 2.19. The lowest BCUT2D eigenvalue weighted by molar-refractivity contribution is -0.147. The largest absolute Gasteiger partial charge is 0.481 e. The van der Waals surface area contributed by atoms with Crippen LogP contribution in [0.4, 0.5) is 0 Å². The lowest BCUT2D eigenvalue weighted by atomic mass is 10.1. The summed E-state index contributed by atoms with van der Waals surface area (Å²) in [6, 6.07) is 11.7. The fraction of sp³-hybridized carbons (Fsp3) is 0.421. The summed E-state index contributed by atoms with van der Waals surface area (Å²) in [5, 5.41) is 0. The Bertz CT molecular complexity index is 710. The molecule has 2 aromatic rings. The number of morpholine rings is 1. The zero-order chi connectivity index (χ0) is 17.1. The minimum Gasteiger partial charge on any atom is -0.481 e. The fourth-order valence-corrected chi connectivity index (χ4v) is 3.11. The van der Waals surface area contributed by atoms with Crippen LogP contribution in [0.15, 0.2) is 42.6 Å². The summed E-state index contributed by atoms with van der Waals surface area (Å²) in [4.78, 5) is 14.8. The van der Waals surface area contributed by atoms with E-state index in [0.717, 1.165) is 17.0 Å². The third-order valence-electron chi connectivity index (χ3n) is 4.39. The maximum Gasteiger partial charge on any atom is 0.264 e. The molecule has 0 unspecified atom stereocenters. The Kier molecular flexibility index (Phi) is 4.90. The molecule has 0 saturated carbocycles. The van der Waals surface area contributed by atoms with E-state index in [0.29, 0.717) is 19.8 Å². The highest BCUT2D eigenvalue weighted by Crippen LogP contribution is 2.26. The van der Waals surface area contributed by atoms with Crippen molar-refractivity contribution in [3.05, 3.63) is 53.9 Å². The van der Waals surface area contributed by atoms with Gasteiger partial charge in [-0.05, 0) is 43.7 Å². The minimum atomic E-state index is -0.535. The SMILES string of the molecule is Cc1cccc(O[C@H](C)C(=O)N2CCOC[C@H]2c2cccn2C)c1. The van der Waals surface area contributed by atoms with Gasteiger partial charge in [-0.25, -0.2) is 0 Å². The molecule has 24 heavy (non-hydrogen) atoms. The summed E-state index contributed by atoms with van der Waals surface area (Å²) < 4.78 is 13.5. The number of carbonyl (C=O) groups excluding carboxylic acids is 1. The number of ether oxygens (including phenoxy) is 2. The monoisotopic (exact) mass is 328 g/mol. The second-order valence-electron chi connectivity index (χ2n) is 6.24. The molecule has 1 amide bonds. The van der Waals surface area contributed by atoms with E-state index < -0.39 is 6.10 Å². The first-order valence-electron chi connectivity index (χ1n) is 8.29. The topological polar surface area (TPSA) is 43.7 Å². The normalized spacial score (nSPS) is 19.1. The van der Waals surface area contributed by atoms with E-state index in [1.54, 1.807) is 0 Å². The molecule has 0 N–H and O–H groups in total. The van der Waals surface area contributed by atoms with Crippen molar-refractivity contribution in [3.8, 4) is 5.75 Å². The van der Waals surface area contributed by atoms with Crippen LogP contribution < -0.4 is 4.74 Å². The van der Waals surface area contributed by atoms with Crippen LogP contribution in [-0.4, -0.2) is 41.2 Å². The molecule has 1 saturated heterocycles. The second-order valence-corrected chi connectivity index (χ2v) is 6.24. The highest BCUT2D eigenvalue weighted by atomic mass is 16.5. The maximum absolute atomic E-state index is 12.9. The van der Waals surface area contributed by atoms with E-state index in [9.17, 15) is 4.79 Å². The standard InChI is InChI=1S/C19H24N2O3/c1-14-6-4-7-16(12-14)24-15(2)19(22)21-10-11-23-13-18(21)17-8-5-9-20(17)3/h4-9,12,15,18H,10-11,13H2,1-3H3/t15-,18+/m1/s1. The number of rotatable bonds is 4. The lowest BCUT2D eigenvalue weighted by Gasteiger charge is -2.37. The van der Waals surface area contributed by atoms with E-state index in [-0.39, 0.29) is 11.9 Å². The molecule has 2 atom stereocenters. The van der Waals surface area contributed by atoms with Crippen molar-refractivity contribution in [2.24, 2.45) is 7.05 Å². The highest BCUT2D eigenvalue weighted by Gasteiger charge is 2.33. The molecule has 1 aromatic carbocycles. The van der Waals surface area contributed by atoms with Gasteiger partial charge in [0.25, 0.3) is 5.91 Å². The molecule has 0 bridgehead atoms. The molecule has 0 spiro atoms. The van der Waals surface area contributed by atoms with Gasteiger partial charge in [-0.1, -0.05) is 12.1 Å². The van der Waals surface area contributed by atoms with Gasteiger partial charge in [0.15, 0.2) is 6.10 Å². The number of aromatic nitrogens is 1. The predicted octanol–water partition coefficient (Wildman–Crippen LogP) is 2.70. The van der Waals surface area contributed by atoms with E-state index in [2.05, 4.69) is 0 Å². The molecule has 0 aliphatic carbocycles. The number of benzene rings is 1. The van der Waals surface area contributed by atoms with E-state index in [1.165, 1.54) is 0 Å². The van der Waals surface area contributed by atoms with Crippen molar-refractivity contribution in [3.63, 3.8) is 0 Å². The molecule has 1 aromatic heterocycles. The molecule has 128 valence electrons. The molecule has 1 fully saturated rings. The van der Waals surface area contributed by atoms with Gasteiger partial charge in [-0.2, -0.15) is 0 Å². The van der Waals surface area contributed by atoms with Crippen LogP contribution in [0.2, 0.25) is 0 Å². The summed E-state index contributed by atoms with van der Waals surface area (Å²) in [5.74, 6) is 0.713. The quantitative estimate of drug-likeness (QED) is 0.867. The first-order chi connectivity index (χ1) is 11.6. The smallest absolute Gasteiger partial charge is 0.264 e. The van der Waals surface area contributed by atoms with Crippen molar-refractivity contribution in [1.82, 2.24) is 9.47 Å². The van der Waals surface area contributed by atoms with Crippen LogP contribution in [0.5, 0.6) is 5.75 Å². The molecule has 1 aliphatic rings. The molecule has 3 rings (SSSR count). The van der Waals surface area contributed by atoms with Gasteiger partial charge >= 0.3 is 0 Å². The Hall–Kier alpha value is -2.27. The van der Waals surface area contributed by atoms with Crippen LogP contribution >= 0.6 is 0 Å². The summed E-state index contributed by atoms with van der Waals surface area (Å²) >= 11 is 0. The van der Waals surface area contributed by atoms with Crippen LogP contribution in [0.1, 0.15) is 24.2 Å². The summed E-state index contributed by atoms with van der Waals surface area (Å²) in [6.45, 7) is 5.47. The number of hydrogen-bond donors (Lipinski definition) is 0. The summed E-state index contributed by atoms with van der Waals surface area (Å²) in [7, 11) is 1.99. The van der Waals surface area contributed by atoms with Crippen molar-refractivity contribution in [1.29, 1.82) is 0 Å². The average Bonchev–Trinajstić information content (AvgIpc) is 3.00. The second kappa shape index (κ2) is 7.09. The van der Waals surface area contributed by atoms with Gasteiger partial charge in [-0.3, -0.25) is 4.79 Å². The van der Waals surface area contributed by atoms with Gasteiger partial charge in [0.05, 0.1) is 19.3 Å². The fourth-order valence-electron chi connectivity index (χ4n) is 3.11. The van der Waals surface area contributed by atoms with Crippen LogP contribution in [-0.2, 0) is 16.6 Å². The van der Waals surface area contributed by atoms with Crippen molar-refractivity contribution < 1.29 is 14.3 Å². The van der Waals surface area contributed by atoms with Crippen LogP contribution in [0, 0.1) is 6.92 Å². The number of nitrogens with zero attached hydrogens (tertiary/aromatic N) is 2. The summed E-state index contributed by atoms with van der Waals surface area (Å²) in [6.07, 6.45) is 1.45. The van der Waals surface area contributed by atoms with Gasteiger partial charge in [0.2, 0.25) is 0 Å². The van der Waals surface area contributed by atoms with Crippen molar-refractivity contribution >= 4 is 5.91 Å². The lowest BCUT2D eigenvalue weighted by Crippen LogP contribution is -2.48. The third kappa shape index (κ3) is 3.46.